The Hall–Kier alpha value is -1.27. The van der Waals surface area contributed by atoms with Gasteiger partial charge < -0.3 is 0 Å². The smallest absolute Gasteiger partial charge is 0.196 e. The molecule has 70 valence electrons. The zero-order chi connectivity index (χ0) is 9.71. The van der Waals surface area contributed by atoms with Crippen molar-refractivity contribution in [2.24, 2.45) is 0 Å². The van der Waals surface area contributed by atoms with E-state index in [2.05, 4.69) is 15.2 Å². The Morgan fingerprint density at radius 3 is 3.29 bits per heavy atom. The summed E-state index contributed by atoms with van der Waals surface area (Å²) in [6, 6.07) is 0. The van der Waals surface area contributed by atoms with Crippen molar-refractivity contribution in [2.75, 3.05) is 0 Å². The van der Waals surface area contributed by atoms with Gasteiger partial charge in [-0.25, -0.2) is 4.98 Å². The highest BCUT2D eigenvalue weighted by Crippen LogP contribution is 2.19. The first-order valence-corrected chi connectivity index (χ1v) is 5.36. The van der Waals surface area contributed by atoms with Crippen molar-refractivity contribution in [3.05, 3.63) is 21.9 Å². The normalized spacial score (nSPS) is 11.5. The summed E-state index contributed by atoms with van der Waals surface area (Å²) in [4.78, 5) is 5.32. The van der Waals surface area contributed by atoms with Gasteiger partial charge in [-0.15, -0.1) is 11.3 Å². The molecule has 3 aromatic rings. The molecule has 14 heavy (non-hydrogen) atoms. The fourth-order valence-corrected chi connectivity index (χ4v) is 2.76. The molecule has 0 unspecified atom stereocenters. The molecule has 1 N–H and O–H groups in total. The molecule has 0 saturated carbocycles. The van der Waals surface area contributed by atoms with E-state index in [1.807, 2.05) is 16.7 Å². The Bertz CT molecular complexity index is 675. The molecule has 3 heterocycles. The van der Waals surface area contributed by atoms with Crippen LogP contribution in [-0.4, -0.2) is 19.6 Å². The number of thiazole rings is 1. The number of rotatable bonds is 0. The van der Waals surface area contributed by atoms with Crippen molar-refractivity contribution in [3.8, 4) is 0 Å². The summed E-state index contributed by atoms with van der Waals surface area (Å²) in [7, 11) is 0. The number of fused-ring (bicyclic) bond motifs is 2. The van der Waals surface area contributed by atoms with E-state index in [-0.39, 0.29) is 0 Å². The third kappa shape index (κ3) is 0.893. The van der Waals surface area contributed by atoms with Gasteiger partial charge in [0, 0.05) is 11.1 Å². The van der Waals surface area contributed by atoms with E-state index >= 15 is 0 Å². The van der Waals surface area contributed by atoms with Crippen molar-refractivity contribution < 1.29 is 0 Å². The molecule has 0 spiro atoms. The van der Waals surface area contributed by atoms with Gasteiger partial charge in [-0.05, 0) is 6.92 Å². The standard InChI is InChI=1S/C8H6N4S2/c1-4-3-14-8-10-6-5(2-9-11-6)7(13)12(4)8/h2-3H,1H3,(H,9,11). The second-order valence-corrected chi connectivity index (χ2v) is 4.27. The summed E-state index contributed by atoms with van der Waals surface area (Å²) in [5.74, 6) is 0. The Kier molecular flexibility index (Phi) is 1.51. The van der Waals surface area contributed by atoms with Crippen LogP contribution in [0, 0.1) is 11.6 Å². The Balaban J connectivity index is 2.73. The molecule has 3 aromatic heterocycles. The van der Waals surface area contributed by atoms with Gasteiger partial charge in [0.15, 0.2) is 10.6 Å². The molecule has 0 amide bonds. The van der Waals surface area contributed by atoms with Gasteiger partial charge in [0.25, 0.3) is 0 Å². The lowest BCUT2D eigenvalue weighted by molar-refractivity contribution is 1.07. The van der Waals surface area contributed by atoms with Crippen LogP contribution in [-0.2, 0) is 0 Å². The molecule has 6 heteroatoms. The molecule has 0 fully saturated rings. The number of aromatic amines is 1. The van der Waals surface area contributed by atoms with Crippen molar-refractivity contribution in [2.45, 2.75) is 6.92 Å². The highest BCUT2D eigenvalue weighted by Gasteiger charge is 2.06. The third-order valence-electron chi connectivity index (χ3n) is 2.14. The highest BCUT2D eigenvalue weighted by atomic mass is 32.1. The van der Waals surface area contributed by atoms with Crippen LogP contribution < -0.4 is 0 Å². The van der Waals surface area contributed by atoms with Crippen LogP contribution in [0.2, 0.25) is 0 Å². The van der Waals surface area contributed by atoms with Gasteiger partial charge >= 0.3 is 0 Å². The molecule has 3 rings (SSSR count). The number of hydrogen-bond acceptors (Lipinski definition) is 4. The predicted molar refractivity (Wildman–Crippen MR) is 58.3 cm³/mol. The van der Waals surface area contributed by atoms with Crippen molar-refractivity contribution in [1.82, 2.24) is 19.6 Å². The minimum atomic E-state index is 0.761. The number of nitrogens with one attached hydrogen (secondary N) is 1. The lowest BCUT2D eigenvalue weighted by Gasteiger charge is -1.96. The van der Waals surface area contributed by atoms with Crippen LogP contribution in [0.5, 0.6) is 0 Å². The van der Waals surface area contributed by atoms with E-state index in [4.69, 9.17) is 12.2 Å². The summed E-state index contributed by atoms with van der Waals surface area (Å²) >= 11 is 6.94. The third-order valence-corrected chi connectivity index (χ3v) is 3.49. The summed E-state index contributed by atoms with van der Waals surface area (Å²) in [5, 5.41) is 9.71. The molecular weight excluding hydrogens is 216 g/mol. The van der Waals surface area contributed by atoms with Crippen molar-refractivity contribution >= 4 is 39.5 Å². The molecule has 0 atom stereocenters. The number of aromatic nitrogens is 4. The van der Waals surface area contributed by atoms with Gasteiger partial charge in [-0.2, -0.15) is 5.10 Å². The minimum Gasteiger partial charge on any atom is -0.279 e. The monoisotopic (exact) mass is 222 g/mol. The average molecular weight is 222 g/mol. The maximum Gasteiger partial charge on any atom is 0.196 e. The van der Waals surface area contributed by atoms with E-state index in [0.29, 0.717) is 0 Å². The minimum absolute atomic E-state index is 0.761. The van der Waals surface area contributed by atoms with Crippen LogP contribution >= 0.6 is 23.6 Å². The summed E-state index contributed by atoms with van der Waals surface area (Å²) in [6.45, 7) is 2.02. The summed E-state index contributed by atoms with van der Waals surface area (Å²) in [6.07, 6.45) is 1.72. The second-order valence-electron chi connectivity index (χ2n) is 3.04. The summed E-state index contributed by atoms with van der Waals surface area (Å²) in [5.41, 5.74) is 1.88. The van der Waals surface area contributed by atoms with Crippen LogP contribution in [0.15, 0.2) is 11.6 Å². The van der Waals surface area contributed by atoms with E-state index in [1.165, 1.54) is 0 Å². The molecule has 0 bridgehead atoms. The van der Waals surface area contributed by atoms with Crippen molar-refractivity contribution in [3.63, 3.8) is 0 Å². The van der Waals surface area contributed by atoms with Gasteiger partial charge in [0.05, 0.1) is 11.6 Å². The molecule has 0 saturated heterocycles. The van der Waals surface area contributed by atoms with E-state index in [0.717, 1.165) is 26.3 Å². The lowest BCUT2D eigenvalue weighted by atomic mass is 10.4. The zero-order valence-corrected chi connectivity index (χ0v) is 8.95. The topological polar surface area (TPSA) is 46.0 Å². The number of nitrogens with zero attached hydrogens (tertiary/aromatic N) is 3. The first-order valence-electron chi connectivity index (χ1n) is 4.07. The molecule has 4 nitrogen and oxygen atoms in total. The quantitative estimate of drug-likeness (QED) is 0.594. The molecular formula is C8H6N4S2. The van der Waals surface area contributed by atoms with Crippen LogP contribution in [0.4, 0.5) is 0 Å². The summed E-state index contributed by atoms with van der Waals surface area (Å²) < 4.78 is 2.75. The van der Waals surface area contributed by atoms with Crippen LogP contribution in [0.1, 0.15) is 5.69 Å². The maximum absolute atomic E-state index is 5.36. The van der Waals surface area contributed by atoms with Gasteiger partial charge in [0.1, 0.15) is 4.64 Å². The van der Waals surface area contributed by atoms with E-state index < -0.39 is 0 Å². The highest BCUT2D eigenvalue weighted by molar-refractivity contribution is 7.71. The molecule has 0 aliphatic carbocycles. The Morgan fingerprint density at radius 1 is 1.57 bits per heavy atom. The van der Waals surface area contributed by atoms with Crippen LogP contribution in [0.3, 0.4) is 0 Å². The fourth-order valence-electron chi connectivity index (χ4n) is 1.45. The zero-order valence-electron chi connectivity index (χ0n) is 7.31. The first-order chi connectivity index (χ1) is 6.77. The number of H-pyrrole nitrogens is 1. The number of aryl methyl sites for hydroxylation is 1. The largest absolute Gasteiger partial charge is 0.279 e. The average Bonchev–Trinajstić information content (AvgIpc) is 2.74. The molecule has 0 aromatic carbocycles. The lowest BCUT2D eigenvalue weighted by Crippen LogP contribution is -1.91. The Morgan fingerprint density at radius 2 is 2.43 bits per heavy atom. The van der Waals surface area contributed by atoms with E-state index in [1.54, 1.807) is 17.5 Å². The second kappa shape index (κ2) is 2.61. The Labute approximate surface area is 88.2 Å². The molecule has 0 radical (unpaired) electrons. The number of hydrogen-bond donors (Lipinski definition) is 1. The van der Waals surface area contributed by atoms with Gasteiger partial charge in [-0.1, -0.05) is 12.2 Å². The fraction of sp³-hybridized carbons (Fsp3) is 0.125. The van der Waals surface area contributed by atoms with Crippen LogP contribution in [0.25, 0.3) is 16.0 Å². The van der Waals surface area contributed by atoms with E-state index in [9.17, 15) is 0 Å². The molecule has 0 aliphatic rings. The maximum atomic E-state index is 5.36. The first kappa shape index (κ1) is 8.07. The van der Waals surface area contributed by atoms with Gasteiger partial charge in [-0.3, -0.25) is 9.50 Å². The molecule has 0 aliphatic heterocycles. The SMILES string of the molecule is Cc1csc2nc3[nH]ncc3c(=S)n12. The van der Waals surface area contributed by atoms with Crippen molar-refractivity contribution in [1.29, 1.82) is 0 Å². The predicted octanol–water partition coefficient (Wildman–Crippen LogP) is 2.31. The van der Waals surface area contributed by atoms with Gasteiger partial charge in [0.2, 0.25) is 0 Å².